The van der Waals surface area contributed by atoms with Crippen LogP contribution >= 0.6 is 15.9 Å². The highest BCUT2D eigenvalue weighted by atomic mass is 79.9. The zero-order valence-corrected chi connectivity index (χ0v) is 10.9. The van der Waals surface area contributed by atoms with Crippen molar-refractivity contribution in [3.05, 3.63) is 47.3 Å². The van der Waals surface area contributed by atoms with Gasteiger partial charge in [0.15, 0.2) is 4.73 Å². The molecule has 2 aromatic carbocycles. The van der Waals surface area contributed by atoms with E-state index < -0.39 is 0 Å². The van der Waals surface area contributed by atoms with Gasteiger partial charge in [-0.25, -0.2) is 4.98 Å². The maximum atomic E-state index is 4.48. The maximum absolute atomic E-state index is 4.48. The summed E-state index contributed by atoms with van der Waals surface area (Å²) in [5.41, 5.74) is 3.02. The molecule has 3 nitrogen and oxygen atoms in total. The van der Waals surface area contributed by atoms with Crippen molar-refractivity contribution in [1.29, 1.82) is 0 Å². The van der Waals surface area contributed by atoms with Crippen LogP contribution in [0.5, 0.6) is 0 Å². The predicted octanol–water partition coefficient (Wildman–Crippen LogP) is 4.03. The van der Waals surface area contributed by atoms with Gasteiger partial charge in [0.05, 0.1) is 16.6 Å². The van der Waals surface area contributed by atoms with Gasteiger partial charge >= 0.3 is 0 Å². The summed E-state index contributed by atoms with van der Waals surface area (Å²) >= 11 is 3.39. The fourth-order valence-electron chi connectivity index (χ4n) is 2.40. The van der Waals surface area contributed by atoms with Crippen molar-refractivity contribution in [3.63, 3.8) is 0 Å². The number of imidazole rings is 1. The molecule has 1 N–H and O–H groups in total. The molecule has 0 bridgehead atoms. The zero-order valence-electron chi connectivity index (χ0n) is 9.31. The number of para-hydroxylation sites is 1. The zero-order chi connectivity index (χ0) is 12.1. The lowest BCUT2D eigenvalue weighted by atomic mass is 10.1. The van der Waals surface area contributed by atoms with Gasteiger partial charge in [0.1, 0.15) is 0 Å². The van der Waals surface area contributed by atoms with E-state index in [4.69, 9.17) is 0 Å². The van der Waals surface area contributed by atoms with Gasteiger partial charge in [-0.05, 0) is 28.1 Å². The standard InChI is InChI=1S/C14H8BrN3/c15-14-17-11-6-5-8-7-16-10-4-2-1-3-9(10)12(8)13(11)18-14/h1-7H,(H,17,18). The van der Waals surface area contributed by atoms with E-state index in [-0.39, 0.29) is 0 Å². The summed E-state index contributed by atoms with van der Waals surface area (Å²) in [6, 6.07) is 12.2. The van der Waals surface area contributed by atoms with Gasteiger partial charge in [0.25, 0.3) is 0 Å². The molecule has 0 radical (unpaired) electrons. The van der Waals surface area contributed by atoms with Crippen LogP contribution in [0.3, 0.4) is 0 Å². The number of aromatic nitrogens is 3. The Morgan fingerprint density at radius 1 is 1.00 bits per heavy atom. The summed E-state index contributed by atoms with van der Waals surface area (Å²) in [5.74, 6) is 0. The molecule has 0 amide bonds. The lowest BCUT2D eigenvalue weighted by molar-refractivity contribution is 1.27. The summed E-state index contributed by atoms with van der Waals surface area (Å²) in [6.45, 7) is 0. The van der Waals surface area contributed by atoms with Crippen molar-refractivity contribution < 1.29 is 0 Å². The van der Waals surface area contributed by atoms with Gasteiger partial charge in [-0.2, -0.15) is 0 Å². The first kappa shape index (κ1) is 10.0. The second kappa shape index (κ2) is 3.53. The topological polar surface area (TPSA) is 41.6 Å². The van der Waals surface area contributed by atoms with E-state index in [1.54, 1.807) is 0 Å². The molecular weight excluding hydrogens is 290 g/mol. The third kappa shape index (κ3) is 1.29. The monoisotopic (exact) mass is 297 g/mol. The van der Waals surface area contributed by atoms with E-state index in [2.05, 4.69) is 43.0 Å². The minimum Gasteiger partial charge on any atom is -0.332 e. The van der Waals surface area contributed by atoms with Crippen LogP contribution in [-0.4, -0.2) is 15.0 Å². The van der Waals surface area contributed by atoms with E-state index in [0.717, 1.165) is 32.1 Å². The Morgan fingerprint density at radius 3 is 2.83 bits per heavy atom. The Labute approximate surface area is 111 Å². The van der Waals surface area contributed by atoms with Crippen molar-refractivity contribution >= 4 is 48.6 Å². The fourth-order valence-corrected chi connectivity index (χ4v) is 2.79. The minimum absolute atomic E-state index is 0.755. The number of benzene rings is 2. The molecule has 0 unspecified atom stereocenters. The first-order valence-electron chi connectivity index (χ1n) is 5.64. The van der Waals surface area contributed by atoms with Crippen LogP contribution in [0, 0.1) is 0 Å². The molecule has 2 heterocycles. The second-order valence-electron chi connectivity index (χ2n) is 4.23. The highest BCUT2D eigenvalue weighted by Crippen LogP contribution is 2.30. The number of hydrogen-bond donors (Lipinski definition) is 1. The first-order valence-corrected chi connectivity index (χ1v) is 6.44. The van der Waals surface area contributed by atoms with Crippen molar-refractivity contribution in [2.45, 2.75) is 0 Å². The highest BCUT2D eigenvalue weighted by molar-refractivity contribution is 9.10. The van der Waals surface area contributed by atoms with Gasteiger partial charge in [0.2, 0.25) is 0 Å². The van der Waals surface area contributed by atoms with Crippen molar-refractivity contribution in [3.8, 4) is 0 Å². The third-order valence-corrected chi connectivity index (χ3v) is 3.55. The number of fused-ring (bicyclic) bond motifs is 5. The smallest absolute Gasteiger partial charge is 0.175 e. The molecule has 86 valence electrons. The maximum Gasteiger partial charge on any atom is 0.175 e. The summed E-state index contributed by atoms with van der Waals surface area (Å²) in [4.78, 5) is 12.2. The molecule has 4 rings (SSSR count). The van der Waals surface area contributed by atoms with Gasteiger partial charge < -0.3 is 4.98 Å². The average Bonchev–Trinajstić information content (AvgIpc) is 2.78. The van der Waals surface area contributed by atoms with Gasteiger partial charge in [0, 0.05) is 22.4 Å². The van der Waals surface area contributed by atoms with E-state index in [9.17, 15) is 0 Å². The van der Waals surface area contributed by atoms with Gasteiger partial charge in [-0.1, -0.05) is 24.3 Å². The summed E-state index contributed by atoms with van der Waals surface area (Å²) in [7, 11) is 0. The SMILES string of the molecule is Brc1nc2ccc3cnc4ccccc4c3c2[nH]1. The molecule has 0 fully saturated rings. The lowest BCUT2D eigenvalue weighted by Crippen LogP contribution is -1.83. The molecule has 2 aromatic heterocycles. The number of aromatic amines is 1. The number of hydrogen-bond acceptors (Lipinski definition) is 2. The van der Waals surface area contributed by atoms with Gasteiger partial charge in [-0.15, -0.1) is 0 Å². The van der Waals surface area contributed by atoms with Gasteiger partial charge in [-0.3, -0.25) is 4.98 Å². The molecule has 0 aliphatic carbocycles. The third-order valence-electron chi connectivity index (χ3n) is 3.18. The Kier molecular flexibility index (Phi) is 1.96. The van der Waals surface area contributed by atoms with E-state index in [1.165, 1.54) is 5.39 Å². The molecule has 4 aromatic rings. The molecule has 0 spiro atoms. The Balaban J connectivity index is 2.37. The van der Waals surface area contributed by atoms with E-state index in [1.807, 2.05) is 30.5 Å². The normalized spacial score (nSPS) is 11.6. The lowest BCUT2D eigenvalue weighted by Gasteiger charge is -2.03. The largest absolute Gasteiger partial charge is 0.332 e. The van der Waals surface area contributed by atoms with Crippen LogP contribution in [0.25, 0.3) is 32.7 Å². The quantitative estimate of drug-likeness (QED) is 0.498. The fraction of sp³-hybridized carbons (Fsp3) is 0. The predicted molar refractivity (Wildman–Crippen MR) is 76.6 cm³/mol. The van der Waals surface area contributed by atoms with Crippen LogP contribution in [-0.2, 0) is 0 Å². The molecule has 0 aliphatic heterocycles. The number of nitrogens with one attached hydrogen (secondary N) is 1. The summed E-state index contributed by atoms with van der Waals surface area (Å²) in [5, 5.41) is 3.45. The number of rotatable bonds is 0. The first-order chi connectivity index (χ1) is 8.83. The molecule has 18 heavy (non-hydrogen) atoms. The molecule has 4 heteroatoms. The Morgan fingerprint density at radius 2 is 1.89 bits per heavy atom. The van der Waals surface area contributed by atoms with Crippen molar-refractivity contribution in [1.82, 2.24) is 15.0 Å². The second-order valence-corrected chi connectivity index (χ2v) is 4.98. The molecule has 0 saturated heterocycles. The Hall–Kier alpha value is -1.94. The number of nitrogens with zero attached hydrogens (tertiary/aromatic N) is 2. The molecule has 0 aliphatic rings. The van der Waals surface area contributed by atoms with Crippen LogP contribution in [0.4, 0.5) is 0 Å². The van der Waals surface area contributed by atoms with Crippen molar-refractivity contribution in [2.75, 3.05) is 0 Å². The molecule has 0 atom stereocenters. The minimum atomic E-state index is 0.755. The van der Waals surface area contributed by atoms with E-state index >= 15 is 0 Å². The van der Waals surface area contributed by atoms with Crippen LogP contribution in [0.15, 0.2) is 47.3 Å². The summed E-state index contributed by atoms with van der Waals surface area (Å²) < 4.78 is 0.755. The number of pyridine rings is 1. The average molecular weight is 298 g/mol. The number of H-pyrrole nitrogens is 1. The molecular formula is C14H8BrN3. The summed E-state index contributed by atoms with van der Waals surface area (Å²) in [6.07, 6.45) is 1.91. The Bertz CT molecular complexity index is 895. The number of halogens is 1. The molecule has 0 saturated carbocycles. The highest BCUT2D eigenvalue weighted by Gasteiger charge is 2.08. The van der Waals surface area contributed by atoms with Crippen LogP contribution in [0.1, 0.15) is 0 Å². The van der Waals surface area contributed by atoms with Crippen molar-refractivity contribution in [2.24, 2.45) is 0 Å². The van der Waals surface area contributed by atoms with Crippen LogP contribution < -0.4 is 0 Å². The van der Waals surface area contributed by atoms with E-state index in [0.29, 0.717) is 0 Å². The van der Waals surface area contributed by atoms with Crippen LogP contribution in [0.2, 0.25) is 0 Å².